The van der Waals surface area contributed by atoms with Crippen molar-refractivity contribution in [3.05, 3.63) is 83.4 Å². The first-order chi connectivity index (χ1) is 14.1. The molecule has 0 N–H and O–H groups in total. The fourth-order valence-electron chi connectivity index (χ4n) is 4.24. The maximum Gasteiger partial charge on any atom is 0.272 e. The molecule has 4 aromatic rings. The predicted molar refractivity (Wildman–Crippen MR) is 107 cm³/mol. The molecule has 7 nitrogen and oxygen atoms in total. The lowest BCUT2D eigenvalue weighted by Gasteiger charge is -2.17. The Hall–Kier alpha value is -3.48. The first kappa shape index (κ1) is 17.6. The van der Waals surface area contributed by atoms with Crippen LogP contribution in [0.15, 0.2) is 59.3 Å². The molecule has 7 heteroatoms. The normalized spacial score (nSPS) is 19.2. The first-order valence-electron chi connectivity index (χ1n) is 9.70. The van der Waals surface area contributed by atoms with Crippen LogP contribution < -0.4 is 0 Å². The number of hydrogen-bond donors (Lipinski definition) is 0. The van der Waals surface area contributed by atoms with Gasteiger partial charge in [-0.15, -0.1) is 0 Å². The number of fused-ring (bicyclic) bond motifs is 1. The summed E-state index contributed by atoms with van der Waals surface area (Å²) in [7, 11) is 0. The van der Waals surface area contributed by atoms with Gasteiger partial charge in [-0.05, 0) is 31.5 Å². The zero-order chi connectivity index (χ0) is 20.0. The molecule has 2 atom stereocenters. The van der Waals surface area contributed by atoms with Gasteiger partial charge in [-0.1, -0.05) is 41.6 Å². The topological polar surface area (TPSA) is 76.5 Å². The number of benzene rings is 1. The number of likely N-dealkylation sites (tertiary alicyclic amines) is 1. The molecule has 0 spiro atoms. The van der Waals surface area contributed by atoms with Crippen LogP contribution in [-0.4, -0.2) is 43.4 Å². The number of aryl methyl sites for hydroxylation is 2. The second-order valence-corrected chi connectivity index (χ2v) is 7.49. The van der Waals surface area contributed by atoms with Gasteiger partial charge in [-0.3, -0.25) is 9.20 Å². The van der Waals surface area contributed by atoms with Crippen LogP contribution in [0.25, 0.3) is 5.65 Å². The monoisotopic (exact) mass is 387 g/mol. The van der Waals surface area contributed by atoms with E-state index in [4.69, 9.17) is 4.52 Å². The summed E-state index contributed by atoms with van der Waals surface area (Å²) in [6.45, 7) is 4.81. The molecule has 0 saturated carbocycles. The molecule has 1 aliphatic heterocycles. The molecule has 4 heterocycles. The predicted octanol–water partition coefficient (Wildman–Crippen LogP) is 3.36. The van der Waals surface area contributed by atoms with Crippen molar-refractivity contribution in [3.8, 4) is 0 Å². The molecular weight excluding hydrogens is 366 g/mol. The van der Waals surface area contributed by atoms with E-state index in [9.17, 15) is 4.79 Å². The highest BCUT2D eigenvalue weighted by molar-refractivity contribution is 5.95. The summed E-state index contributed by atoms with van der Waals surface area (Å²) in [5.74, 6) is 1.22. The van der Waals surface area contributed by atoms with Crippen LogP contribution >= 0.6 is 0 Å². The minimum atomic E-state index is -0.0398. The van der Waals surface area contributed by atoms with Crippen LogP contribution in [0.2, 0.25) is 0 Å². The zero-order valence-electron chi connectivity index (χ0n) is 16.3. The van der Waals surface area contributed by atoms with Gasteiger partial charge < -0.3 is 9.42 Å². The molecule has 1 fully saturated rings. The number of rotatable bonds is 3. The Morgan fingerprint density at radius 3 is 2.52 bits per heavy atom. The van der Waals surface area contributed by atoms with Crippen molar-refractivity contribution in [2.24, 2.45) is 0 Å². The lowest BCUT2D eigenvalue weighted by molar-refractivity contribution is 0.0780. The Morgan fingerprint density at radius 2 is 1.76 bits per heavy atom. The van der Waals surface area contributed by atoms with E-state index in [0.29, 0.717) is 30.5 Å². The minimum absolute atomic E-state index is 0.0270. The van der Waals surface area contributed by atoms with Gasteiger partial charge in [0, 0.05) is 25.2 Å². The van der Waals surface area contributed by atoms with E-state index in [2.05, 4.69) is 27.3 Å². The average Bonchev–Trinajstić information content (AvgIpc) is 3.44. The van der Waals surface area contributed by atoms with Crippen molar-refractivity contribution in [2.75, 3.05) is 13.1 Å². The van der Waals surface area contributed by atoms with E-state index in [1.165, 1.54) is 5.56 Å². The largest absolute Gasteiger partial charge is 0.339 e. The number of pyridine rings is 1. The number of amides is 1. The fraction of sp³-hybridized carbons (Fsp3) is 0.273. The molecular formula is C22H21N5O2. The van der Waals surface area contributed by atoms with Crippen LogP contribution in [0.4, 0.5) is 0 Å². The molecule has 0 bridgehead atoms. The highest BCUT2D eigenvalue weighted by atomic mass is 16.5. The van der Waals surface area contributed by atoms with Crippen LogP contribution in [0.5, 0.6) is 0 Å². The third-order valence-electron chi connectivity index (χ3n) is 5.60. The van der Waals surface area contributed by atoms with Crippen molar-refractivity contribution in [1.82, 2.24) is 24.4 Å². The van der Waals surface area contributed by atoms with Crippen molar-refractivity contribution in [2.45, 2.75) is 25.7 Å². The molecule has 0 unspecified atom stereocenters. The van der Waals surface area contributed by atoms with E-state index in [0.717, 1.165) is 11.3 Å². The molecule has 1 aromatic carbocycles. The van der Waals surface area contributed by atoms with Crippen LogP contribution in [-0.2, 0) is 0 Å². The van der Waals surface area contributed by atoms with Gasteiger partial charge in [-0.25, -0.2) is 4.98 Å². The summed E-state index contributed by atoms with van der Waals surface area (Å²) in [5, 5.41) is 3.96. The Kier molecular flexibility index (Phi) is 4.16. The van der Waals surface area contributed by atoms with Crippen LogP contribution in [0, 0.1) is 13.8 Å². The van der Waals surface area contributed by atoms with E-state index < -0.39 is 0 Å². The van der Waals surface area contributed by atoms with Crippen molar-refractivity contribution in [1.29, 1.82) is 0 Å². The Labute approximate surface area is 168 Å². The Bertz CT molecular complexity index is 1180. The lowest BCUT2D eigenvalue weighted by atomic mass is 9.89. The third kappa shape index (κ3) is 2.99. The fourth-order valence-corrected chi connectivity index (χ4v) is 4.24. The second kappa shape index (κ2) is 6.84. The van der Waals surface area contributed by atoms with Gasteiger partial charge in [0.05, 0.1) is 11.6 Å². The molecule has 1 amide bonds. The molecule has 0 aliphatic carbocycles. The van der Waals surface area contributed by atoms with Crippen molar-refractivity contribution < 1.29 is 9.32 Å². The maximum atomic E-state index is 13.5. The highest BCUT2D eigenvalue weighted by Gasteiger charge is 2.41. The van der Waals surface area contributed by atoms with Gasteiger partial charge in [-0.2, -0.15) is 4.98 Å². The van der Waals surface area contributed by atoms with Gasteiger partial charge in [0.15, 0.2) is 5.82 Å². The highest BCUT2D eigenvalue weighted by Crippen LogP contribution is 2.39. The van der Waals surface area contributed by atoms with E-state index >= 15 is 0 Å². The average molecular weight is 387 g/mol. The molecule has 3 aromatic heterocycles. The maximum absolute atomic E-state index is 13.5. The zero-order valence-corrected chi connectivity index (χ0v) is 16.3. The van der Waals surface area contributed by atoms with Crippen LogP contribution in [0.1, 0.15) is 45.3 Å². The molecule has 1 aliphatic rings. The Morgan fingerprint density at radius 1 is 1.00 bits per heavy atom. The third-order valence-corrected chi connectivity index (χ3v) is 5.60. The summed E-state index contributed by atoms with van der Waals surface area (Å²) in [6, 6.07) is 16.0. The summed E-state index contributed by atoms with van der Waals surface area (Å²) in [4.78, 5) is 24.4. The standard InChI is InChI=1S/C22H21N5O2/c1-14-20(27-11-7-6-10-19(27)23-14)22(28)26-12-17(16-8-4-3-5-9-16)18(13-26)21-24-15(2)25-29-21/h3-11,17-18H,12-13H2,1-2H3/t17-,18+/m1/s1. The number of carbonyl (C=O) groups is 1. The summed E-state index contributed by atoms with van der Waals surface area (Å²) in [6.07, 6.45) is 1.88. The molecule has 146 valence electrons. The minimum Gasteiger partial charge on any atom is -0.339 e. The van der Waals surface area contributed by atoms with E-state index in [1.54, 1.807) is 0 Å². The second-order valence-electron chi connectivity index (χ2n) is 7.49. The summed E-state index contributed by atoms with van der Waals surface area (Å²) < 4.78 is 7.36. The number of hydrogen-bond acceptors (Lipinski definition) is 5. The molecule has 5 rings (SSSR count). The van der Waals surface area contributed by atoms with Gasteiger partial charge in [0.1, 0.15) is 11.3 Å². The van der Waals surface area contributed by atoms with Crippen molar-refractivity contribution in [3.63, 3.8) is 0 Å². The molecule has 0 radical (unpaired) electrons. The summed E-state index contributed by atoms with van der Waals surface area (Å²) in [5.41, 5.74) is 3.28. The van der Waals surface area contributed by atoms with Crippen LogP contribution in [0.3, 0.4) is 0 Å². The van der Waals surface area contributed by atoms with Gasteiger partial charge in [0.25, 0.3) is 5.91 Å². The quantitative estimate of drug-likeness (QED) is 0.539. The molecule has 29 heavy (non-hydrogen) atoms. The van der Waals surface area contributed by atoms with E-state index in [1.807, 2.05) is 65.7 Å². The molecule has 1 saturated heterocycles. The van der Waals surface area contributed by atoms with Gasteiger partial charge >= 0.3 is 0 Å². The Balaban J connectivity index is 1.52. The number of aromatic nitrogens is 4. The summed E-state index contributed by atoms with van der Waals surface area (Å²) >= 11 is 0. The number of nitrogens with zero attached hydrogens (tertiary/aromatic N) is 5. The SMILES string of the molecule is Cc1noc([C@H]2CN(C(=O)c3c(C)nc4ccccn34)C[C@@H]2c2ccccc2)n1. The van der Waals surface area contributed by atoms with E-state index in [-0.39, 0.29) is 17.7 Å². The van der Waals surface area contributed by atoms with Crippen molar-refractivity contribution >= 4 is 11.6 Å². The van der Waals surface area contributed by atoms with Gasteiger partial charge in [0.2, 0.25) is 5.89 Å². The first-order valence-corrected chi connectivity index (χ1v) is 9.70. The lowest BCUT2D eigenvalue weighted by Crippen LogP contribution is -2.30. The smallest absolute Gasteiger partial charge is 0.272 e. The number of carbonyl (C=O) groups excluding carboxylic acids is 1. The number of imidazole rings is 1.